The topological polar surface area (TPSA) is 70.6 Å². The highest BCUT2D eigenvalue weighted by molar-refractivity contribution is 6.43. The van der Waals surface area contributed by atoms with E-state index < -0.39 is 0 Å². The van der Waals surface area contributed by atoms with Crippen LogP contribution in [0.1, 0.15) is 18.4 Å². The predicted octanol–water partition coefficient (Wildman–Crippen LogP) is 0.872. The fourth-order valence-corrected chi connectivity index (χ4v) is 1.53. The average molecular weight is 241 g/mol. The number of benzene rings is 1. The van der Waals surface area contributed by atoms with Crippen molar-refractivity contribution >= 4 is 23.2 Å². The first-order chi connectivity index (χ1) is 8.69. The van der Waals surface area contributed by atoms with Gasteiger partial charge in [0, 0.05) is 24.1 Å². The van der Waals surface area contributed by atoms with Crippen molar-refractivity contribution in [1.29, 1.82) is 0 Å². The van der Waals surface area contributed by atoms with Crippen molar-refractivity contribution in [2.24, 2.45) is 5.10 Å². The lowest BCUT2D eigenvalue weighted by atomic mass is 10.1. The third-order valence-electron chi connectivity index (χ3n) is 2.45. The summed E-state index contributed by atoms with van der Waals surface area (Å²) in [4.78, 5) is 22.7. The van der Waals surface area contributed by atoms with E-state index in [-0.39, 0.29) is 18.2 Å². The largest absolute Gasteiger partial charge is 0.321 e. The summed E-state index contributed by atoms with van der Waals surface area (Å²) in [5.41, 5.74) is 3.88. The van der Waals surface area contributed by atoms with Crippen LogP contribution in [0, 0.1) is 12.3 Å². The van der Waals surface area contributed by atoms with Crippen molar-refractivity contribution in [3.8, 4) is 12.3 Å². The third-order valence-corrected chi connectivity index (χ3v) is 2.45. The van der Waals surface area contributed by atoms with Gasteiger partial charge in [-0.15, -0.1) is 6.42 Å². The SMILES string of the molecule is C#Cc1cccc(NC(=O)C2=NNC(=O)CC2)c1. The summed E-state index contributed by atoms with van der Waals surface area (Å²) in [5, 5.41) is 6.40. The summed E-state index contributed by atoms with van der Waals surface area (Å²) in [5.74, 6) is 1.98. The van der Waals surface area contributed by atoms with E-state index in [0.717, 1.165) is 0 Å². The van der Waals surface area contributed by atoms with Gasteiger partial charge in [-0.1, -0.05) is 12.0 Å². The number of rotatable bonds is 2. The minimum Gasteiger partial charge on any atom is -0.321 e. The Bertz CT molecular complexity index is 570. The molecule has 0 fully saturated rings. The van der Waals surface area contributed by atoms with Crippen LogP contribution in [0.25, 0.3) is 0 Å². The van der Waals surface area contributed by atoms with Crippen LogP contribution in [0.5, 0.6) is 0 Å². The zero-order chi connectivity index (χ0) is 13.0. The Morgan fingerprint density at radius 2 is 2.28 bits per heavy atom. The summed E-state index contributed by atoms with van der Waals surface area (Å²) < 4.78 is 0. The molecule has 5 nitrogen and oxygen atoms in total. The normalized spacial score (nSPS) is 14.2. The predicted molar refractivity (Wildman–Crippen MR) is 67.8 cm³/mol. The molecule has 90 valence electrons. The molecule has 0 spiro atoms. The minimum atomic E-state index is -0.329. The number of hydrogen-bond donors (Lipinski definition) is 2. The zero-order valence-electron chi connectivity index (χ0n) is 9.56. The van der Waals surface area contributed by atoms with E-state index in [4.69, 9.17) is 6.42 Å². The first-order valence-electron chi connectivity index (χ1n) is 5.42. The fraction of sp³-hybridized carbons (Fsp3) is 0.154. The highest BCUT2D eigenvalue weighted by Gasteiger charge is 2.18. The van der Waals surface area contributed by atoms with Crippen LogP contribution in [0.4, 0.5) is 5.69 Å². The number of nitrogens with zero attached hydrogens (tertiary/aromatic N) is 1. The molecule has 1 aliphatic heterocycles. The van der Waals surface area contributed by atoms with E-state index in [1.807, 2.05) is 0 Å². The number of hydrogen-bond acceptors (Lipinski definition) is 3. The molecule has 18 heavy (non-hydrogen) atoms. The molecule has 0 bridgehead atoms. The smallest absolute Gasteiger partial charge is 0.271 e. The molecule has 0 atom stereocenters. The van der Waals surface area contributed by atoms with Gasteiger partial charge >= 0.3 is 0 Å². The molecule has 0 unspecified atom stereocenters. The van der Waals surface area contributed by atoms with Crippen molar-refractivity contribution in [3.63, 3.8) is 0 Å². The van der Waals surface area contributed by atoms with Crippen LogP contribution in [0.2, 0.25) is 0 Å². The van der Waals surface area contributed by atoms with Gasteiger partial charge in [0.2, 0.25) is 5.91 Å². The maximum Gasteiger partial charge on any atom is 0.271 e. The number of nitrogens with one attached hydrogen (secondary N) is 2. The molecule has 2 N–H and O–H groups in total. The molecule has 1 heterocycles. The molecule has 5 heteroatoms. The maximum absolute atomic E-state index is 11.8. The van der Waals surface area contributed by atoms with Crippen LogP contribution in [-0.4, -0.2) is 17.5 Å². The molecule has 1 aliphatic rings. The minimum absolute atomic E-state index is 0.180. The molecule has 0 aliphatic carbocycles. The van der Waals surface area contributed by atoms with Gasteiger partial charge in [0.05, 0.1) is 0 Å². The standard InChI is InChI=1S/C13H11N3O2/c1-2-9-4-3-5-10(8-9)14-13(18)11-6-7-12(17)16-15-11/h1,3-5,8H,6-7H2,(H,14,18)(H,16,17). The first-order valence-corrected chi connectivity index (χ1v) is 5.42. The lowest BCUT2D eigenvalue weighted by Crippen LogP contribution is -2.32. The molecule has 0 saturated heterocycles. The van der Waals surface area contributed by atoms with E-state index >= 15 is 0 Å². The Kier molecular flexibility index (Phi) is 3.39. The Balaban J connectivity index is 2.07. The lowest BCUT2D eigenvalue weighted by Gasteiger charge is -2.12. The monoisotopic (exact) mass is 241 g/mol. The van der Waals surface area contributed by atoms with E-state index in [2.05, 4.69) is 21.8 Å². The second-order valence-electron chi connectivity index (χ2n) is 3.77. The number of amides is 2. The van der Waals surface area contributed by atoms with Crippen molar-refractivity contribution in [2.45, 2.75) is 12.8 Å². The number of carbonyl (C=O) groups excluding carboxylic acids is 2. The highest BCUT2D eigenvalue weighted by atomic mass is 16.2. The van der Waals surface area contributed by atoms with E-state index in [0.29, 0.717) is 23.4 Å². The Morgan fingerprint density at radius 1 is 1.44 bits per heavy atom. The van der Waals surface area contributed by atoms with Gasteiger partial charge in [-0.3, -0.25) is 9.59 Å². The Morgan fingerprint density at radius 3 is 2.94 bits per heavy atom. The number of anilines is 1. The summed E-state index contributed by atoms with van der Waals surface area (Å²) in [6.07, 6.45) is 5.89. The summed E-state index contributed by atoms with van der Waals surface area (Å²) in [7, 11) is 0. The fourth-order valence-electron chi connectivity index (χ4n) is 1.53. The molecule has 2 rings (SSSR count). The average Bonchev–Trinajstić information content (AvgIpc) is 2.39. The van der Waals surface area contributed by atoms with Crippen LogP contribution >= 0.6 is 0 Å². The van der Waals surface area contributed by atoms with Crippen molar-refractivity contribution in [3.05, 3.63) is 29.8 Å². The van der Waals surface area contributed by atoms with Gasteiger partial charge in [0.25, 0.3) is 5.91 Å². The van der Waals surface area contributed by atoms with Gasteiger partial charge < -0.3 is 5.32 Å². The second-order valence-corrected chi connectivity index (χ2v) is 3.77. The van der Waals surface area contributed by atoms with Gasteiger partial charge in [-0.25, -0.2) is 5.43 Å². The molecular formula is C13H11N3O2. The van der Waals surface area contributed by atoms with Crippen LogP contribution in [0.15, 0.2) is 29.4 Å². The maximum atomic E-state index is 11.8. The molecule has 0 aromatic heterocycles. The van der Waals surface area contributed by atoms with Crippen LogP contribution in [-0.2, 0) is 9.59 Å². The van der Waals surface area contributed by atoms with Gasteiger partial charge in [-0.2, -0.15) is 5.10 Å². The van der Waals surface area contributed by atoms with Crippen LogP contribution in [0.3, 0.4) is 0 Å². The van der Waals surface area contributed by atoms with E-state index in [1.165, 1.54) is 0 Å². The molecule has 1 aromatic rings. The van der Waals surface area contributed by atoms with Crippen molar-refractivity contribution < 1.29 is 9.59 Å². The molecule has 2 amide bonds. The summed E-state index contributed by atoms with van der Waals surface area (Å²) in [6, 6.07) is 6.96. The lowest BCUT2D eigenvalue weighted by molar-refractivity contribution is -0.121. The van der Waals surface area contributed by atoms with Gasteiger partial charge in [0.1, 0.15) is 5.71 Å². The number of terminal acetylenes is 1. The highest BCUT2D eigenvalue weighted by Crippen LogP contribution is 2.10. The Hall–Kier alpha value is -2.61. The third kappa shape index (κ3) is 2.74. The van der Waals surface area contributed by atoms with Gasteiger partial charge in [-0.05, 0) is 18.2 Å². The number of hydrazone groups is 1. The molecule has 0 radical (unpaired) electrons. The second kappa shape index (κ2) is 5.15. The quantitative estimate of drug-likeness (QED) is 0.754. The molecule has 0 saturated carbocycles. The molecular weight excluding hydrogens is 230 g/mol. The zero-order valence-corrected chi connectivity index (χ0v) is 9.56. The first kappa shape index (κ1) is 11.9. The summed E-state index contributed by atoms with van der Waals surface area (Å²) in [6.45, 7) is 0. The number of carbonyl (C=O) groups is 2. The van der Waals surface area contributed by atoms with E-state index in [1.54, 1.807) is 24.3 Å². The van der Waals surface area contributed by atoms with Crippen LogP contribution < -0.4 is 10.7 Å². The van der Waals surface area contributed by atoms with Crippen molar-refractivity contribution in [1.82, 2.24) is 5.43 Å². The van der Waals surface area contributed by atoms with Crippen molar-refractivity contribution in [2.75, 3.05) is 5.32 Å². The van der Waals surface area contributed by atoms with Gasteiger partial charge in [0.15, 0.2) is 0 Å². The van der Waals surface area contributed by atoms with E-state index in [9.17, 15) is 9.59 Å². The summed E-state index contributed by atoms with van der Waals surface area (Å²) >= 11 is 0. The Labute approximate surface area is 104 Å². The molecule has 1 aromatic carbocycles.